The topological polar surface area (TPSA) is 93.5 Å². The van der Waals surface area contributed by atoms with E-state index in [2.05, 4.69) is 10.4 Å². The number of esters is 1. The Labute approximate surface area is 198 Å². The number of carbonyl (C=O) groups excluding carboxylic acids is 3. The minimum absolute atomic E-state index is 0.0589. The lowest BCUT2D eigenvalue weighted by atomic mass is 9.91. The number of halogens is 1. The summed E-state index contributed by atoms with van der Waals surface area (Å²) in [6, 6.07) is 8.73. The van der Waals surface area contributed by atoms with E-state index in [4.69, 9.17) is 16.3 Å². The standard InChI is InChI=1S/C24H29ClN4O4/c1-3-33-22(31)19-13-20-21(30)28(14-16-9-11-17(25)12-10-16)24(2,15-29(20)27-19)23(32)26-18-7-5-4-6-8-18/h9-13,18H,3-8,14-15H2,1-2H3,(H,26,32). The zero-order chi connectivity index (χ0) is 23.6. The molecule has 0 spiro atoms. The highest BCUT2D eigenvalue weighted by Crippen LogP contribution is 2.30. The van der Waals surface area contributed by atoms with Crippen LogP contribution in [0.15, 0.2) is 30.3 Å². The second kappa shape index (κ2) is 9.55. The molecule has 33 heavy (non-hydrogen) atoms. The summed E-state index contributed by atoms with van der Waals surface area (Å²) >= 11 is 6.02. The molecule has 176 valence electrons. The molecule has 1 aliphatic heterocycles. The van der Waals surface area contributed by atoms with E-state index >= 15 is 0 Å². The van der Waals surface area contributed by atoms with Crippen molar-refractivity contribution in [3.8, 4) is 0 Å². The maximum absolute atomic E-state index is 13.6. The van der Waals surface area contributed by atoms with E-state index in [9.17, 15) is 14.4 Å². The predicted molar refractivity (Wildman–Crippen MR) is 123 cm³/mol. The number of fused-ring (bicyclic) bond motifs is 1. The Morgan fingerprint density at radius 2 is 1.91 bits per heavy atom. The Kier molecular flexibility index (Phi) is 6.74. The van der Waals surface area contributed by atoms with Crippen molar-refractivity contribution in [3.05, 3.63) is 52.3 Å². The molecule has 9 heteroatoms. The van der Waals surface area contributed by atoms with Gasteiger partial charge in [-0.1, -0.05) is 43.0 Å². The van der Waals surface area contributed by atoms with E-state index in [0.29, 0.717) is 5.02 Å². The fourth-order valence-corrected chi connectivity index (χ4v) is 4.68. The van der Waals surface area contributed by atoms with Crippen LogP contribution in [0.25, 0.3) is 0 Å². The van der Waals surface area contributed by atoms with Crippen LogP contribution < -0.4 is 5.32 Å². The SMILES string of the molecule is CCOC(=O)c1cc2n(n1)CC(C)(C(=O)NC1CCCCC1)N(Cc1ccc(Cl)cc1)C2=O. The monoisotopic (exact) mass is 472 g/mol. The maximum atomic E-state index is 13.6. The lowest BCUT2D eigenvalue weighted by Crippen LogP contribution is -2.64. The predicted octanol–water partition coefficient (Wildman–Crippen LogP) is 3.58. The van der Waals surface area contributed by atoms with Crippen LogP contribution in [-0.4, -0.2) is 50.7 Å². The van der Waals surface area contributed by atoms with Crippen molar-refractivity contribution in [2.24, 2.45) is 0 Å². The fourth-order valence-electron chi connectivity index (χ4n) is 4.55. The van der Waals surface area contributed by atoms with Crippen LogP contribution in [0.3, 0.4) is 0 Å². The number of nitrogens with zero attached hydrogens (tertiary/aromatic N) is 3. The Morgan fingerprint density at radius 3 is 2.58 bits per heavy atom. The number of amides is 2. The van der Waals surface area contributed by atoms with Crippen LogP contribution in [0.1, 0.15) is 72.5 Å². The first kappa shape index (κ1) is 23.3. The van der Waals surface area contributed by atoms with Gasteiger partial charge in [-0.05, 0) is 44.4 Å². The third-order valence-corrected chi connectivity index (χ3v) is 6.72. The van der Waals surface area contributed by atoms with E-state index in [1.165, 1.54) is 17.2 Å². The third kappa shape index (κ3) is 4.76. The minimum Gasteiger partial charge on any atom is -0.461 e. The van der Waals surface area contributed by atoms with Crippen molar-refractivity contribution in [1.29, 1.82) is 0 Å². The summed E-state index contributed by atoms with van der Waals surface area (Å²) in [4.78, 5) is 41.0. The van der Waals surface area contributed by atoms with Crippen molar-refractivity contribution in [1.82, 2.24) is 20.0 Å². The third-order valence-electron chi connectivity index (χ3n) is 6.47. The molecule has 1 aliphatic carbocycles. The Morgan fingerprint density at radius 1 is 1.21 bits per heavy atom. The van der Waals surface area contributed by atoms with Gasteiger partial charge in [0.05, 0.1) is 13.2 Å². The van der Waals surface area contributed by atoms with E-state index in [1.54, 1.807) is 30.9 Å². The summed E-state index contributed by atoms with van der Waals surface area (Å²) in [7, 11) is 0. The number of ether oxygens (including phenoxy) is 1. The van der Waals surface area contributed by atoms with Crippen LogP contribution >= 0.6 is 11.6 Å². The van der Waals surface area contributed by atoms with Crippen molar-refractivity contribution >= 4 is 29.4 Å². The van der Waals surface area contributed by atoms with Crippen LogP contribution in [0.5, 0.6) is 0 Å². The molecule has 2 aromatic rings. The Balaban J connectivity index is 1.68. The summed E-state index contributed by atoms with van der Waals surface area (Å²) < 4.78 is 6.49. The number of rotatable bonds is 6. The average molecular weight is 473 g/mol. The van der Waals surface area contributed by atoms with Crippen LogP contribution in [0.4, 0.5) is 0 Å². The second-order valence-electron chi connectivity index (χ2n) is 8.89. The minimum atomic E-state index is -1.18. The van der Waals surface area contributed by atoms with Gasteiger partial charge in [-0.3, -0.25) is 14.3 Å². The number of carbonyl (C=O) groups is 3. The lowest BCUT2D eigenvalue weighted by Gasteiger charge is -2.44. The van der Waals surface area contributed by atoms with Gasteiger partial charge in [0.25, 0.3) is 5.91 Å². The van der Waals surface area contributed by atoms with E-state index in [-0.39, 0.29) is 48.9 Å². The van der Waals surface area contributed by atoms with Gasteiger partial charge >= 0.3 is 5.97 Å². The summed E-state index contributed by atoms with van der Waals surface area (Å²) in [5.74, 6) is -1.17. The molecular weight excluding hydrogens is 444 g/mol. The van der Waals surface area contributed by atoms with Gasteiger partial charge < -0.3 is 15.0 Å². The molecule has 1 aromatic heterocycles. The summed E-state index contributed by atoms with van der Waals surface area (Å²) in [5.41, 5.74) is -0.0133. The van der Waals surface area contributed by atoms with Crippen molar-refractivity contribution in [2.45, 2.75) is 70.6 Å². The molecular formula is C24H29ClN4O4. The zero-order valence-electron chi connectivity index (χ0n) is 19.0. The van der Waals surface area contributed by atoms with E-state index in [0.717, 1.165) is 31.2 Å². The van der Waals surface area contributed by atoms with Crippen LogP contribution in [0, 0.1) is 0 Å². The average Bonchev–Trinajstić information content (AvgIpc) is 3.23. The molecule has 2 aliphatic rings. The largest absolute Gasteiger partial charge is 0.461 e. The van der Waals surface area contributed by atoms with Gasteiger partial charge in [0, 0.05) is 23.7 Å². The molecule has 1 atom stereocenters. The molecule has 2 amide bonds. The molecule has 2 heterocycles. The molecule has 8 nitrogen and oxygen atoms in total. The zero-order valence-corrected chi connectivity index (χ0v) is 19.7. The number of hydrogen-bond acceptors (Lipinski definition) is 5. The Bertz CT molecular complexity index is 1050. The maximum Gasteiger partial charge on any atom is 0.358 e. The van der Waals surface area contributed by atoms with Gasteiger partial charge in [-0.15, -0.1) is 0 Å². The molecule has 4 rings (SSSR count). The lowest BCUT2D eigenvalue weighted by molar-refractivity contribution is -0.134. The molecule has 1 N–H and O–H groups in total. The smallest absolute Gasteiger partial charge is 0.358 e. The highest BCUT2D eigenvalue weighted by atomic mass is 35.5. The first-order valence-corrected chi connectivity index (χ1v) is 11.8. The van der Waals surface area contributed by atoms with Crippen LogP contribution in [-0.2, 0) is 22.6 Å². The molecule has 1 saturated carbocycles. The molecule has 0 bridgehead atoms. The molecule has 0 radical (unpaired) electrons. The number of benzene rings is 1. The Hall–Kier alpha value is -2.87. The van der Waals surface area contributed by atoms with Gasteiger partial charge in [0.1, 0.15) is 11.2 Å². The summed E-state index contributed by atoms with van der Waals surface area (Å²) in [5, 5.41) is 8.06. The fraction of sp³-hybridized carbons (Fsp3) is 0.500. The van der Waals surface area contributed by atoms with Crippen LogP contribution in [0.2, 0.25) is 5.02 Å². The second-order valence-corrected chi connectivity index (χ2v) is 9.33. The van der Waals surface area contributed by atoms with Gasteiger partial charge in [-0.25, -0.2) is 4.79 Å². The highest BCUT2D eigenvalue weighted by molar-refractivity contribution is 6.30. The van der Waals surface area contributed by atoms with E-state index in [1.807, 2.05) is 12.1 Å². The van der Waals surface area contributed by atoms with Crippen molar-refractivity contribution < 1.29 is 19.1 Å². The number of aromatic nitrogens is 2. The molecule has 1 fully saturated rings. The van der Waals surface area contributed by atoms with Gasteiger partial charge in [0.2, 0.25) is 5.91 Å². The van der Waals surface area contributed by atoms with E-state index < -0.39 is 11.5 Å². The number of hydrogen-bond donors (Lipinski definition) is 1. The first-order valence-electron chi connectivity index (χ1n) is 11.4. The van der Waals surface area contributed by atoms with Crippen molar-refractivity contribution in [3.63, 3.8) is 0 Å². The number of nitrogens with one attached hydrogen (secondary N) is 1. The normalized spacial score (nSPS) is 20.9. The highest BCUT2D eigenvalue weighted by Gasteiger charge is 2.48. The molecule has 1 aromatic carbocycles. The van der Waals surface area contributed by atoms with Gasteiger partial charge in [-0.2, -0.15) is 5.10 Å². The summed E-state index contributed by atoms with van der Waals surface area (Å²) in [6.45, 7) is 4.04. The summed E-state index contributed by atoms with van der Waals surface area (Å²) in [6.07, 6.45) is 5.22. The molecule has 1 unspecified atom stereocenters. The quantitative estimate of drug-likeness (QED) is 0.648. The van der Waals surface area contributed by atoms with Crippen molar-refractivity contribution in [2.75, 3.05) is 6.61 Å². The van der Waals surface area contributed by atoms with Gasteiger partial charge in [0.15, 0.2) is 5.69 Å². The molecule has 0 saturated heterocycles. The first-order chi connectivity index (χ1) is 15.8.